The number of hydrogen-bond donors (Lipinski definition) is 1. The molecule has 152 valence electrons. The molecule has 4 aromatic rings. The van der Waals surface area contributed by atoms with Gasteiger partial charge in [-0.25, -0.2) is 14.4 Å². The Balaban J connectivity index is 1.45. The van der Waals surface area contributed by atoms with E-state index >= 15 is 0 Å². The smallest absolute Gasteiger partial charge is 0.234 e. The SMILES string of the molecule is CN(Cc1ccccc1)c1nc2ncnc(SCC(=O)Nc3cccc(F)c3)c2s1. The Morgan fingerprint density at radius 3 is 2.80 bits per heavy atom. The highest BCUT2D eigenvalue weighted by molar-refractivity contribution is 8.00. The molecular weight excluding hydrogens is 421 g/mol. The quantitative estimate of drug-likeness (QED) is 0.335. The van der Waals surface area contributed by atoms with Gasteiger partial charge in [0.05, 0.1) is 5.75 Å². The minimum Gasteiger partial charge on any atom is -0.347 e. The first-order chi connectivity index (χ1) is 14.6. The van der Waals surface area contributed by atoms with Crippen molar-refractivity contribution in [2.24, 2.45) is 0 Å². The Morgan fingerprint density at radius 2 is 2.00 bits per heavy atom. The number of hydrogen-bond acceptors (Lipinski definition) is 7. The number of aromatic nitrogens is 3. The summed E-state index contributed by atoms with van der Waals surface area (Å²) in [4.78, 5) is 27.5. The summed E-state index contributed by atoms with van der Waals surface area (Å²) >= 11 is 2.80. The Bertz CT molecular complexity index is 1170. The predicted molar refractivity (Wildman–Crippen MR) is 120 cm³/mol. The Labute approximate surface area is 181 Å². The highest BCUT2D eigenvalue weighted by atomic mass is 32.2. The molecule has 0 spiro atoms. The summed E-state index contributed by atoms with van der Waals surface area (Å²) in [5.74, 6) is -0.478. The van der Waals surface area contributed by atoms with Crippen molar-refractivity contribution in [1.82, 2.24) is 15.0 Å². The lowest BCUT2D eigenvalue weighted by atomic mass is 10.2. The van der Waals surface area contributed by atoms with E-state index in [-0.39, 0.29) is 11.7 Å². The van der Waals surface area contributed by atoms with Gasteiger partial charge in [-0.3, -0.25) is 4.79 Å². The van der Waals surface area contributed by atoms with Crippen molar-refractivity contribution in [3.05, 3.63) is 72.3 Å². The van der Waals surface area contributed by atoms with Crippen LogP contribution in [0.2, 0.25) is 0 Å². The van der Waals surface area contributed by atoms with Crippen LogP contribution < -0.4 is 10.2 Å². The largest absolute Gasteiger partial charge is 0.347 e. The first kappa shape index (κ1) is 20.2. The second-order valence-electron chi connectivity index (χ2n) is 6.52. The number of thioether (sulfide) groups is 1. The highest BCUT2D eigenvalue weighted by Gasteiger charge is 2.15. The van der Waals surface area contributed by atoms with Gasteiger partial charge in [0.2, 0.25) is 5.91 Å². The van der Waals surface area contributed by atoms with E-state index in [1.54, 1.807) is 12.1 Å². The number of anilines is 2. The number of carbonyl (C=O) groups excluding carboxylic acids is 1. The number of rotatable bonds is 7. The summed E-state index contributed by atoms with van der Waals surface area (Å²) < 4.78 is 14.1. The van der Waals surface area contributed by atoms with Gasteiger partial charge in [-0.1, -0.05) is 59.5 Å². The maximum absolute atomic E-state index is 13.3. The molecule has 2 aromatic carbocycles. The van der Waals surface area contributed by atoms with E-state index in [9.17, 15) is 9.18 Å². The zero-order valence-electron chi connectivity index (χ0n) is 16.1. The van der Waals surface area contributed by atoms with Gasteiger partial charge in [0.15, 0.2) is 10.8 Å². The van der Waals surface area contributed by atoms with Crippen molar-refractivity contribution in [2.75, 3.05) is 23.0 Å². The molecule has 0 fully saturated rings. The maximum Gasteiger partial charge on any atom is 0.234 e. The number of thiazole rings is 1. The van der Waals surface area contributed by atoms with E-state index in [4.69, 9.17) is 0 Å². The van der Waals surface area contributed by atoms with Crippen molar-refractivity contribution >= 4 is 50.2 Å². The molecule has 0 bridgehead atoms. The topological polar surface area (TPSA) is 71.0 Å². The minimum atomic E-state index is -0.394. The first-order valence-corrected chi connectivity index (χ1v) is 10.9. The van der Waals surface area contributed by atoms with Crippen LogP contribution in [0.5, 0.6) is 0 Å². The zero-order chi connectivity index (χ0) is 20.9. The van der Waals surface area contributed by atoms with Crippen molar-refractivity contribution in [1.29, 1.82) is 0 Å². The van der Waals surface area contributed by atoms with Crippen molar-refractivity contribution < 1.29 is 9.18 Å². The third-order valence-electron chi connectivity index (χ3n) is 4.18. The predicted octanol–water partition coefficient (Wildman–Crippen LogP) is 4.59. The summed E-state index contributed by atoms with van der Waals surface area (Å²) in [5.41, 5.74) is 2.22. The fraction of sp³-hybridized carbons (Fsp3) is 0.143. The van der Waals surface area contributed by atoms with Crippen LogP contribution in [0, 0.1) is 5.82 Å². The van der Waals surface area contributed by atoms with Gasteiger partial charge in [0.1, 0.15) is 21.9 Å². The molecule has 2 heterocycles. The van der Waals surface area contributed by atoms with E-state index in [2.05, 4.69) is 37.3 Å². The normalized spacial score (nSPS) is 10.9. The maximum atomic E-state index is 13.3. The molecule has 0 unspecified atom stereocenters. The summed E-state index contributed by atoms with van der Waals surface area (Å²) in [5, 5.41) is 4.22. The molecular formula is C21H18FN5OS2. The standard InChI is InChI=1S/C21H18FN5OS2/c1-27(11-14-6-3-2-4-7-14)21-26-19-18(30-21)20(24-13-23-19)29-12-17(28)25-16-9-5-8-15(22)10-16/h2-10,13H,11-12H2,1H3,(H,25,28). The molecule has 2 aromatic heterocycles. The van der Waals surface area contributed by atoms with Gasteiger partial charge >= 0.3 is 0 Å². The lowest BCUT2D eigenvalue weighted by Crippen LogP contribution is -2.15. The van der Waals surface area contributed by atoms with Crippen LogP contribution in [0.3, 0.4) is 0 Å². The van der Waals surface area contributed by atoms with Crippen LogP contribution in [0.1, 0.15) is 5.56 Å². The molecule has 0 saturated heterocycles. The summed E-state index contributed by atoms with van der Waals surface area (Å²) in [6.45, 7) is 0.729. The van der Waals surface area contributed by atoms with E-state index < -0.39 is 5.82 Å². The number of amides is 1. The van der Waals surface area contributed by atoms with Crippen LogP contribution >= 0.6 is 23.1 Å². The third kappa shape index (κ3) is 4.92. The van der Waals surface area contributed by atoms with Gasteiger partial charge in [0.25, 0.3) is 0 Å². The lowest BCUT2D eigenvalue weighted by Gasteiger charge is -2.15. The van der Waals surface area contributed by atoms with Gasteiger partial charge in [-0.2, -0.15) is 4.98 Å². The van der Waals surface area contributed by atoms with Crippen LogP contribution in [0.4, 0.5) is 15.2 Å². The molecule has 0 saturated carbocycles. The summed E-state index contributed by atoms with van der Waals surface area (Å²) in [6.07, 6.45) is 1.45. The van der Waals surface area contributed by atoms with Crippen molar-refractivity contribution in [2.45, 2.75) is 11.6 Å². The highest BCUT2D eigenvalue weighted by Crippen LogP contribution is 2.33. The number of nitrogens with zero attached hydrogens (tertiary/aromatic N) is 4. The fourth-order valence-corrected chi connectivity index (χ4v) is 4.66. The molecule has 0 aliphatic heterocycles. The Kier molecular flexibility index (Phi) is 6.20. The van der Waals surface area contributed by atoms with Crippen LogP contribution in [-0.2, 0) is 11.3 Å². The molecule has 0 atom stereocenters. The van der Waals surface area contributed by atoms with Crippen LogP contribution in [0.25, 0.3) is 10.3 Å². The summed E-state index contributed by atoms with van der Waals surface area (Å²) in [6, 6.07) is 16.0. The average Bonchev–Trinajstić information content (AvgIpc) is 3.18. The van der Waals surface area contributed by atoms with Crippen LogP contribution in [0.15, 0.2) is 66.0 Å². The molecule has 30 heavy (non-hydrogen) atoms. The second kappa shape index (κ2) is 9.19. The lowest BCUT2D eigenvalue weighted by molar-refractivity contribution is -0.113. The van der Waals surface area contributed by atoms with E-state index in [1.807, 2.05) is 25.2 Å². The minimum absolute atomic E-state index is 0.149. The fourth-order valence-electron chi connectivity index (χ4n) is 2.81. The van der Waals surface area contributed by atoms with E-state index in [1.165, 1.54) is 47.1 Å². The molecule has 0 aliphatic rings. The van der Waals surface area contributed by atoms with Crippen molar-refractivity contribution in [3.8, 4) is 0 Å². The van der Waals surface area contributed by atoms with E-state index in [0.717, 1.165) is 16.4 Å². The van der Waals surface area contributed by atoms with Gasteiger partial charge < -0.3 is 10.2 Å². The number of benzene rings is 2. The second-order valence-corrected chi connectivity index (χ2v) is 8.46. The molecule has 6 nitrogen and oxygen atoms in total. The monoisotopic (exact) mass is 439 g/mol. The number of carbonyl (C=O) groups is 1. The molecule has 0 radical (unpaired) electrons. The van der Waals surface area contributed by atoms with Gasteiger partial charge in [-0.15, -0.1) is 0 Å². The molecule has 1 amide bonds. The molecule has 9 heteroatoms. The third-order valence-corrected chi connectivity index (χ3v) is 6.47. The molecule has 1 N–H and O–H groups in total. The first-order valence-electron chi connectivity index (χ1n) is 9.13. The van der Waals surface area contributed by atoms with Crippen molar-refractivity contribution in [3.63, 3.8) is 0 Å². The van der Waals surface area contributed by atoms with E-state index in [0.29, 0.717) is 16.4 Å². The average molecular weight is 440 g/mol. The summed E-state index contributed by atoms with van der Waals surface area (Å²) in [7, 11) is 1.98. The molecule has 4 rings (SSSR count). The molecule has 0 aliphatic carbocycles. The van der Waals surface area contributed by atoms with Gasteiger partial charge in [-0.05, 0) is 23.8 Å². The van der Waals surface area contributed by atoms with Gasteiger partial charge in [0, 0.05) is 19.3 Å². The Morgan fingerprint density at radius 1 is 1.17 bits per heavy atom. The number of fused-ring (bicyclic) bond motifs is 1. The van der Waals surface area contributed by atoms with Crippen LogP contribution in [-0.4, -0.2) is 33.7 Å². The number of nitrogens with one attached hydrogen (secondary N) is 1. The zero-order valence-corrected chi connectivity index (χ0v) is 17.7. The number of halogens is 1. The Hall–Kier alpha value is -3.04.